The Morgan fingerprint density at radius 3 is 2.63 bits per heavy atom. The third-order valence-corrected chi connectivity index (χ3v) is 2.72. The highest BCUT2D eigenvalue weighted by atomic mass is 16.5. The van der Waals surface area contributed by atoms with E-state index in [1.54, 1.807) is 7.11 Å². The Morgan fingerprint density at radius 1 is 1.32 bits per heavy atom. The minimum Gasteiger partial charge on any atom is -0.383 e. The average Bonchev–Trinajstić information content (AvgIpc) is 2.41. The zero-order valence-electron chi connectivity index (χ0n) is 12.5. The molecule has 0 saturated carbocycles. The van der Waals surface area contributed by atoms with Crippen molar-refractivity contribution in [3.05, 3.63) is 18.1 Å². The Bertz CT molecular complexity index is 340. The first-order valence-corrected chi connectivity index (χ1v) is 6.92. The summed E-state index contributed by atoms with van der Waals surface area (Å²) < 4.78 is 5.15. The normalized spacial score (nSPS) is 11.0. The number of rotatable bonds is 9. The summed E-state index contributed by atoms with van der Waals surface area (Å²) in [5.41, 5.74) is 0.974. The molecule has 5 nitrogen and oxygen atoms in total. The first kappa shape index (κ1) is 15.9. The number of hydrogen-bond donors (Lipinski definition) is 1. The molecule has 0 spiro atoms. The van der Waals surface area contributed by atoms with Crippen LogP contribution in [0.25, 0.3) is 0 Å². The van der Waals surface area contributed by atoms with Crippen LogP contribution in [0.5, 0.6) is 0 Å². The van der Waals surface area contributed by atoms with E-state index in [4.69, 9.17) is 4.74 Å². The van der Waals surface area contributed by atoms with E-state index in [0.717, 1.165) is 37.7 Å². The average molecular weight is 266 g/mol. The summed E-state index contributed by atoms with van der Waals surface area (Å²) in [6.45, 7) is 10.7. The van der Waals surface area contributed by atoms with Crippen molar-refractivity contribution in [3.63, 3.8) is 0 Å². The van der Waals surface area contributed by atoms with Crippen LogP contribution in [-0.4, -0.2) is 43.3 Å². The molecule has 108 valence electrons. The fourth-order valence-corrected chi connectivity index (χ4v) is 1.80. The van der Waals surface area contributed by atoms with Crippen LogP contribution < -0.4 is 10.2 Å². The van der Waals surface area contributed by atoms with Gasteiger partial charge < -0.3 is 15.0 Å². The number of nitrogens with one attached hydrogen (secondary N) is 1. The summed E-state index contributed by atoms with van der Waals surface area (Å²) in [4.78, 5) is 11.2. The van der Waals surface area contributed by atoms with Crippen LogP contribution in [0.3, 0.4) is 0 Å². The van der Waals surface area contributed by atoms with E-state index < -0.39 is 0 Å². The maximum Gasteiger partial charge on any atom is 0.147 e. The van der Waals surface area contributed by atoms with Gasteiger partial charge in [-0.1, -0.05) is 20.8 Å². The smallest absolute Gasteiger partial charge is 0.147 e. The molecule has 0 aliphatic heterocycles. The van der Waals surface area contributed by atoms with E-state index in [-0.39, 0.29) is 0 Å². The number of aromatic nitrogens is 2. The summed E-state index contributed by atoms with van der Waals surface area (Å²) in [6.07, 6.45) is 3.70. The van der Waals surface area contributed by atoms with Gasteiger partial charge in [0, 0.05) is 26.7 Å². The second-order valence-electron chi connectivity index (χ2n) is 4.98. The Hall–Kier alpha value is -1.20. The van der Waals surface area contributed by atoms with Gasteiger partial charge in [0.1, 0.15) is 5.82 Å². The topological polar surface area (TPSA) is 50.3 Å². The molecule has 19 heavy (non-hydrogen) atoms. The molecule has 1 aromatic heterocycles. The number of ether oxygens (including phenoxy) is 1. The first-order valence-electron chi connectivity index (χ1n) is 6.92. The lowest BCUT2D eigenvalue weighted by Crippen LogP contribution is -2.31. The van der Waals surface area contributed by atoms with Crippen molar-refractivity contribution in [2.45, 2.75) is 27.3 Å². The first-order chi connectivity index (χ1) is 9.17. The minimum atomic E-state index is 0.583. The molecule has 1 N–H and O–H groups in total. The summed E-state index contributed by atoms with van der Waals surface area (Å²) in [6, 6.07) is 0. The second kappa shape index (κ2) is 8.82. The van der Waals surface area contributed by atoms with Crippen molar-refractivity contribution in [1.82, 2.24) is 15.3 Å². The van der Waals surface area contributed by atoms with Crippen LogP contribution >= 0.6 is 0 Å². The van der Waals surface area contributed by atoms with E-state index >= 15 is 0 Å². The maximum absolute atomic E-state index is 5.15. The molecule has 0 aliphatic rings. The van der Waals surface area contributed by atoms with Crippen molar-refractivity contribution < 1.29 is 4.74 Å². The van der Waals surface area contributed by atoms with Gasteiger partial charge in [0.15, 0.2) is 0 Å². The fourth-order valence-electron chi connectivity index (χ4n) is 1.80. The van der Waals surface area contributed by atoms with Crippen LogP contribution in [0.4, 0.5) is 5.82 Å². The largest absolute Gasteiger partial charge is 0.383 e. The second-order valence-corrected chi connectivity index (χ2v) is 4.98. The monoisotopic (exact) mass is 266 g/mol. The van der Waals surface area contributed by atoms with E-state index in [2.05, 4.69) is 41.0 Å². The predicted molar refractivity (Wildman–Crippen MR) is 78.3 cm³/mol. The van der Waals surface area contributed by atoms with Crippen LogP contribution in [0.1, 0.15) is 26.5 Å². The van der Waals surface area contributed by atoms with Gasteiger partial charge in [-0.2, -0.15) is 0 Å². The molecule has 1 heterocycles. The number of anilines is 1. The molecule has 0 aromatic carbocycles. The third-order valence-electron chi connectivity index (χ3n) is 2.72. The van der Waals surface area contributed by atoms with Gasteiger partial charge in [0.05, 0.1) is 24.7 Å². The molecule has 0 atom stereocenters. The standard InChI is InChI=1S/C14H26N4O/c1-5-15-8-13-9-17-14(10-16-13)18(6-7-19-4)11-12(2)3/h9-10,12,15H,5-8,11H2,1-4H3. The molecule has 0 radical (unpaired) electrons. The van der Waals surface area contributed by atoms with Gasteiger partial charge >= 0.3 is 0 Å². The molecule has 0 bridgehead atoms. The summed E-state index contributed by atoms with van der Waals surface area (Å²) in [5.74, 6) is 1.51. The lowest BCUT2D eigenvalue weighted by Gasteiger charge is -2.25. The molecule has 0 aliphatic carbocycles. The number of hydrogen-bond acceptors (Lipinski definition) is 5. The number of methoxy groups -OCH3 is 1. The minimum absolute atomic E-state index is 0.583. The van der Waals surface area contributed by atoms with Crippen LogP contribution in [0, 0.1) is 5.92 Å². The molecule has 1 rings (SSSR count). The van der Waals surface area contributed by atoms with Crippen LogP contribution in [0.15, 0.2) is 12.4 Å². The summed E-state index contributed by atoms with van der Waals surface area (Å²) in [7, 11) is 1.72. The summed E-state index contributed by atoms with van der Waals surface area (Å²) in [5, 5.41) is 3.24. The van der Waals surface area contributed by atoms with Gasteiger partial charge in [-0.05, 0) is 12.5 Å². The van der Waals surface area contributed by atoms with Gasteiger partial charge in [-0.3, -0.25) is 4.98 Å². The van der Waals surface area contributed by atoms with Crippen molar-refractivity contribution in [1.29, 1.82) is 0 Å². The fraction of sp³-hybridized carbons (Fsp3) is 0.714. The zero-order chi connectivity index (χ0) is 14.1. The quantitative estimate of drug-likeness (QED) is 0.737. The van der Waals surface area contributed by atoms with Crippen LogP contribution in [-0.2, 0) is 11.3 Å². The van der Waals surface area contributed by atoms with E-state index in [9.17, 15) is 0 Å². The van der Waals surface area contributed by atoms with Crippen molar-refractivity contribution in [2.75, 3.05) is 38.3 Å². The lowest BCUT2D eigenvalue weighted by molar-refractivity contribution is 0.204. The molecule has 1 aromatic rings. The van der Waals surface area contributed by atoms with Crippen molar-refractivity contribution in [3.8, 4) is 0 Å². The Labute approximate surface area is 116 Å². The van der Waals surface area contributed by atoms with Crippen molar-refractivity contribution >= 4 is 5.82 Å². The highest BCUT2D eigenvalue weighted by Crippen LogP contribution is 2.11. The molecular weight excluding hydrogens is 240 g/mol. The van der Waals surface area contributed by atoms with Gasteiger partial charge in [-0.25, -0.2) is 4.98 Å². The van der Waals surface area contributed by atoms with E-state index in [1.165, 1.54) is 0 Å². The maximum atomic E-state index is 5.15. The van der Waals surface area contributed by atoms with E-state index in [1.807, 2.05) is 12.4 Å². The SMILES string of the molecule is CCNCc1cnc(N(CCOC)CC(C)C)cn1. The highest BCUT2D eigenvalue weighted by molar-refractivity contribution is 5.35. The van der Waals surface area contributed by atoms with E-state index in [0.29, 0.717) is 12.5 Å². The Morgan fingerprint density at radius 2 is 2.11 bits per heavy atom. The molecule has 0 fully saturated rings. The molecular formula is C14H26N4O. The molecule has 0 saturated heterocycles. The Kier molecular flexibility index (Phi) is 7.36. The Balaban J connectivity index is 2.66. The van der Waals surface area contributed by atoms with Gasteiger partial charge in [0.2, 0.25) is 0 Å². The molecule has 0 amide bonds. The van der Waals surface area contributed by atoms with Crippen molar-refractivity contribution in [2.24, 2.45) is 5.92 Å². The zero-order valence-corrected chi connectivity index (χ0v) is 12.5. The lowest BCUT2D eigenvalue weighted by atomic mass is 10.2. The highest BCUT2D eigenvalue weighted by Gasteiger charge is 2.10. The van der Waals surface area contributed by atoms with Crippen LogP contribution in [0.2, 0.25) is 0 Å². The molecule has 5 heteroatoms. The molecule has 0 unspecified atom stereocenters. The predicted octanol–water partition coefficient (Wildman–Crippen LogP) is 1.69. The summed E-state index contributed by atoms with van der Waals surface area (Å²) >= 11 is 0. The van der Waals surface area contributed by atoms with Gasteiger partial charge in [0.25, 0.3) is 0 Å². The third kappa shape index (κ3) is 5.98. The van der Waals surface area contributed by atoms with Gasteiger partial charge in [-0.15, -0.1) is 0 Å². The number of nitrogens with zero attached hydrogens (tertiary/aromatic N) is 3.